The summed E-state index contributed by atoms with van der Waals surface area (Å²) >= 11 is 0. The highest BCUT2D eigenvalue weighted by molar-refractivity contribution is 5.79. The first kappa shape index (κ1) is 12.8. The summed E-state index contributed by atoms with van der Waals surface area (Å²) in [6, 6.07) is 11.4. The predicted octanol–water partition coefficient (Wildman–Crippen LogP) is 2.54. The quantitative estimate of drug-likeness (QED) is 0.318. The van der Waals surface area contributed by atoms with Gasteiger partial charge in [-0.2, -0.15) is 0 Å². The molecule has 0 aliphatic rings. The summed E-state index contributed by atoms with van der Waals surface area (Å²) < 4.78 is 4.48. The second kappa shape index (κ2) is 5.04. The van der Waals surface area contributed by atoms with Crippen LogP contribution in [0.15, 0.2) is 47.1 Å². The first-order chi connectivity index (χ1) is 10.1. The van der Waals surface area contributed by atoms with Crippen molar-refractivity contribution in [2.75, 3.05) is 0 Å². The van der Waals surface area contributed by atoms with Crippen molar-refractivity contribution in [3.63, 3.8) is 0 Å². The number of nitro benzene ring substituents is 1. The van der Waals surface area contributed by atoms with Gasteiger partial charge in [0.15, 0.2) is 0 Å². The summed E-state index contributed by atoms with van der Waals surface area (Å²) in [6.07, 6.45) is 3.36. The third-order valence-electron chi connectivity index (χ3n) is 3.00. The van der Waals surface area contributed by atoms with E-state index in [1.165, 1.54) is 6.07 Å². The molecule has 0 aliphatic carbocycles. The van der Waals surface area contributed by atoms with Gasteiger partial charge in [-0.05, 0) is 28.7 Å². The van der Waals surface area contributed by atoms with Gasteiger partial charge in [0, 0.05) is 17.3 Å². The number of hydrogen-bond donors (Lipinski definition) is 0. The molecule has 0 saturated heterocycles. The highest BCUT2D eigenvalue weighted by Crippen LogP contribution is 2.21. The Morgan fingerprint density at radius 1 is 1.19 bits per heavy atom. The molecule has 0 fully saturated rings. The topological polar surface area (TPSA) is 96.1 Å². The molecule has 21 heavy (non-hydrogen) atoms. The van der Waals surface area contributed by atoms with Gasteiger partial charge in [0.05, 0.1) is 10.5 Å². The molecule has 3 rings (SSSR count). The van der Waals surface area contributed by atoms with E-state index in [4.69, 9.17) is 0 Å². The van der Waals surface area contributed by atoms with Crippen LogP contribution in [0.3, 0.4) is 0 Å². The zero-order valence-corrected chi connectivity index (χ0v) is 10.7. The van der Waals surface area contributed by atoms with Gasteiger partial charge >= 0.3 is 0 Å². The summed E-state index contributed by atoms with van der Waals surface area (Å²) in [5.41, 5.74) is 2.05. The number of aromatic nitrogens is 2. The zero-order valence-electron chi connectivity index (χ0n) is 10.7. The van der Waals surface area contributed by atoms with E-state index >= 15 is 0 Å². The second-order valence-corrected chi connectivity index (χ2v) is 4.33. The number of nitrogens with zero attached hydrogens (tertiary/aromatic N) is 3. The third kappa shape index (κ3) is 2.44. The molecule has 2 aromatic carbocycles. The van der Waals surface area contributed by atoms with Crippen LogP contribution in [0.4, 0.5) is 5.69 Å². The minimum absolute atomic E-state index is 0.0358. The highest BCUT2D eigenvalue weighted by atomic mass is 16.8. The molecule has 1 aromatic heterocycles. The standard InChI is InChI=1S/C14H9N3O4/c18-16(19)13-4-2-1-3-11(13)7-5-10-6-8-14-12(9-10)15-21-17(14)20/h1-9H/b7-5+. The van der Waals surface area contributed by atoms with Gasteiger partial charge in [0.1, 0.15) is 0 Å². The first-order valence-corrected chi connectivity index (χ1v) is 6.06. The Labute approximate surface area is 118 Å². The fourth-order valence-electron chi connectivity index (χ4n) is 1.98. The van der Waals surface area contributed by atoms with Gasteiger partial charge in [-0.1, -0.05) is 24.3 Å². The average Bonchev–Trinajstić information content (AvgIpc) is 2.86. The largest absolute Gasteiger partial charge is 0.359 e. The van der Waals surface area contributed by atoms with Gasteiger partial charge in [-0.25, -0.2) is 0 Å². The van der Waals surface area contributed by atoms with Crippen molar-refractivity contribution in [1.82, 2.24) is 5.16 Å². The van der Waals surface area contributed by atoms with Crippen LogP contribution >= 0.6 is 0 Å². The van der Waals surface area contributed by atoms with Gasteiger partial charge in [-0.3, -0.25) is 14.7 Å². The Kier molecular flexibility index (Phi) is 3.07. The SMILES string of the molecule is O=[N+]([O-])c1ccccc1/C=C/c1ccc2c(c1)no[n+]2[O-]. The lowest BCUT2D eigenvalue weighted by molar-refractivity contribution is -0.782. The number of benzene rings is 2. The maximum absolute atomic E-state index is 11.2. The fourth-order valence-corrected chi connectivity index (χ4v) is 1.98. The molecule has 7 heteroatoms. The van der Waals surface area contributed by atoms with Crippen LogP contribution in [0.1, 0.15) is 11.1 Å². The molecular weight excluding hydrogens is 274 g/mol. The predicted molar refractivity (Wildman–Crippen MR) is 75.0 cm³/mol. The summed E-state index contributed by atoms with van der Waals surface area (Å²) in [4.78, 5) is 10.8. The van der Waals surface area contributed by atoms with Crippen LogP contribution in [-0.2, 0) is 0 Å². The minimum Gasteiger partial charge on any atom is -0.359 e. The van der Waals surface area contributed by atoms with Gasteiger partial charge in [0.25, 0.3) is 5.69 Å². The highest BCUT2D eigenvalue weighted by Gasteiger charge is 2.10. The van der Waals surface area contributed by atoms with Crippen molar-refractivity contribution in [3.8, 4) is 0 Å². The molecule has 3 aromatic rings. The molecule has 0 N–H and O–H groups in total. The van der Waals surface area contributed by atoms with E-state index in [2.05, 4.69) is 9.79 Å². The molecule has 0 saturated carbocycles. The van der Waals surface area contributed by atoms with Crippen molar-refractivity contribution in [3.05, 3.63) is 68.9 Å². The number of para-hydroxylation sites is 1. The molecule has 1 heterocycles. The molecule has 0 amide bonds. The molecule has 0 spiro atoms. The lowest BCUT2D eigenvalue weighted by Gasteiger charge is -1.96. The number of rotatable bonds is 3. The average molecular weight is 283 g/mol. The Morgan fingerprint density at radius 3 is 2.81 bits per heavy atom. The molecule has 0 unspecified atom stereocenters. The van der Waals surface area contributed by atoms with Crippen LogP contribution in [0.2, 0.25) is 0 Å². The van der Waals surface area contributed by atoms with Crippen molar-refractivity contribution in [2.45, 2.75) is 0 Å². The summed E-state index contributed by atoms with van der Waals surface area (Å²) in [6.45, 7) is 0. The van der Waals surface area contributed by atoms with Crippen molar-refractivity contribution in [2.24, 2.45) is 0 Å². The second-order valence-electron chi connectivity index (χ2n) is 4.33. The lowest BCUT2D eigenvalue weighted by atomic mass is 10.1. The van der Waals surface area contributed by atoms with Gasteiger partial charge in [-0.15, -0.1) is 0 Å². The molecule has 0 aliphatic heterocycles. The lowest BCUT2D eigenvalue weighted by Crippen LogP contribution is -2.22. The van der Waals surface area contributed by atoms with Crippen LogP contribution in [0.25, 0.3) is 23.2 Å². The minimum atomic E-state index is -0.430. The van der Waals surface area contributed by atoms with E-state index in [-0.39, 0.29) is 5.69 Å². The van der Waals surface area contributed by atoms with Crippen LogP contribution in [-0.4, -0.2) is 10.1 Å². The Morgan fingerprint density at radius 2 is 2.00 bits per heavy atom. The number of nitro groups is 1. The van der Waals surface area contributed by atoms with Gasteiger partial charge in [0.2, 0.25) is 11.0 Å². The van der Waals surface area contributed by atoms with Crippen LogP contribution in [0.5, 0.6) is 0 Å². The normalized spacial score (nSPS) is 11.2. The Bertz CT molecular complexity index is 854. The fraction of sp³-hybridized carbons (Fsp3) is 0. The molecule has 104 valence electrons. The van der Waals surface area contributed by atoms with Crippen molar-refractivity contribution in [1.29, 1.82) is 0 Å². The summed E-state index contributed by atoms with van der Waals surface area (Å²) in [5.74, 6) is 0. The Hall–Kier alpha value is -3.22. The van der Waals surface area contributed by atoms with Crippen LogP contribution < -0.4 is 4.90 Å². The molecule has 0 bridgehead atoms. The smallest absolute Gasteiger partial charge is 0.276 e. The molecule has 0 radical (unpaired) electrons. The molecular formula is C14H9N3O4. The number of hydrogen-bond acceptors (Lipinski definition) is 5. The maximum atomic E-state index is 11.2. The van der Waals surface area contributed by atoms with E-state index in [1.807, 2.05) is 0 Å². The van der Waals surface area contributed by atoms with E-state index < -0.39 is 4.92 Å². The van der Waals surface area contributed by atoms with E-state index in [0.717, 1.165) is 5.56 Å². The summed E-state index contributed by atoms with van der Waals surface area (Å²) in [5, 5.41) is 25.7. The Balaban J connectivity index is 1.96. The third-order valence-corrected chi connectivity index (χ3v) is 3.00. The van der Waals surface area contributed by atoms with E-state index in [9.17, 15) is 15.3 Å². The van der Waals surface area contributed by atoms with Crippen molar-refractivity contribution >= 4 is 28.9 Å². The maximum Gasteiger partial charge on any atom is 0.276 e. The first-order valence-electron chi connectivity index (χ1n) is 6.06. The molecule has 7 nitrogen and oxygen atoms in total. The van der Waals surface area contributed by atoms with E-state index in [1.54, 1.807) is 48.6 Å². The monoisotopic (exact) mass is 283 g/mol. The number of fused-ring (bicyclic) bond motifs is 1. The molecule has 0 atom stereocenters. The van der Waals surface area contributed by atoms with Crippen molar-refractivity contribution < 1.29 is 14.5 Å². The zero-order chi connectivity index (χ0) is 14.8. The van der Waals surface area contributed by atoms with E-state index in [0.29, 0.717) is 21.5 Å². The van der Waals surface area contributed by atoms with Gasteiger partial charge < -0.3 is 5.21 Å². The van der Waals surface area contributed by atoms with Crippen LogP contribution in [0, 0.1) is 15.3 Å². The summed E-state index contributed by atoms with van der Waals surface area (Å²) in [7, 11) is 0.